The van der Waals surface area contributed by atoms with Crippen LogP contribution in [0.3, 0.4) is 0 Å². The van der Waals surface area contributed by atoms with Crippen molar-refractivity contribution in [2.24, 2.45) is 0 Å². The predicted molar refractivity (Wildman–Crippen MR) is 46.5 cm³/mol. The molecule has 0 unspecified atom stereocenters. The molecule has 0 amide bonds. The van der Waals surface area contributed by atoms with Crippen molar-refractivity contribution in [1.82, 2.24) is 9.71 Å². The predicted octanol–water partition coefficient (Wildman–Crippen LogP) is 0.540. The molecule has 1 aromatic rings. The fourth-order valence-corrected chi connectivity index (χ4v) is 2.09. The third-order valence-electron chi connectivity index (χ3n) is 1.66. The van der Waals surface area contributed by atoms with Crippen molar-refractivity contribution in [3.8, 4) is 0 Å². The molecule has 1 aromatic heterocycles. The lowest BCUT2D eigenvalue weighted by atomic mass is 10.4. The molecular formula is C7H12N2O2S. The van der Waals surface area contributed by atoms with Crippen LogP contribution in [0.4, 0.5) is 0 Å². The molecule has 0 saturated carbocycles. The van der Waals surface area contributed by atoms with E-state index in [2.05, 4.69) is 9.71 Å². The van der Waals surface area contributed by atoms with Gasteiger partial charge < -0.3 is 4.98 Å². The molecule has 0 saturated heterocycles. The van der Waals surface area contributed by atoms with Crippen LogP contribution in [-0.2, 0) is 10.0 Å². The van der Waals surface area contributed by atoms with E-state index in [1.54, 1.807) is 13.0 Å². The first-order chi connectivity index (χ1) is 5.47. The number of aryl methyl sites for hydroxylation is 2. The minimum atomic E-state index is -3.29. The van der Waals surface area contributed by atoms with Crippen LogP contribution in [-0.4, -0.2) is 20.4 Å². The zero-order valence-corrected chi connectivity index (χ0v) is 8.12. The summed E-state index contributed by atoms with van der Waals surface area (Å²) in [4.78, 5) is 3.25. The van der Waals surface area contributed by atoms with Gasteiger partial charge in [0, 0.05) is 11.4 Å². The summed E-state index contributed by atoms with van der Waals surface area (Å²) < 4.78 is 24.9. The Hall–Kier alpha value is -0.810. The highest BCUT2D eigenvalue weighted by atomic mass is 32.2. The van der Waals surface area contributed by atoms with E-state index in [-0.39, 0.29) is 0 Å². The highest BCUT2D eigenvalue weighted by Crippen LogP contribution is 2.14. The monoisotopic (exact) mass is 188 g/mol. The summed E-state index contributed by atoms with van der Waals surface area (Å²) >= 11 is 0. The van der Waals surface area contributed by atoms with Gasteiger partial charge in [-0.15, -0.1) is 0 Å². The Bertz CT molecular complexity index is 378. The van der Waals surface area contributed by atoms with Gasteiger partial charge in [-0.3, -0.25) is 0 Å². The standard InChI is InChI=1S/C7H12N2O2S/c1-5-4-7(6(2)9-5)12(10,11)8-3/h4,8-9H,1-3H3. The largest absolute Gasteiger partial charge is 0.362 e. The maximum Gasteiger partial charge on any atom is 0.242 e. The lowest BCUT2D eigenvalue weighted by molar-refractivity contribution is 0.588. The molecule has 0 aromatic carbocycles. The lowest BCUT2D eigenvalue weighted by Crippen LogP contribution is -2.18. The number of nitrogens with one attached hydrogen (secondary N) is 2. The molecule has 12 heavy (non-hydrogen) atoms. The summed E-state index contributed by atoms with van der Waals surface area (Å²) in [5.74, 6) is 0. The molecule has 2 N–H and O–H groups in total. The number of hydrogen-bond donors (Lipinski definition) is 2. The number of aromatic nitrogens is 1. The maximum atomic E-state index is 11.3. The Labute approximate surface area is 72.0 Å². The van der Waals surface area contributed by atoms with Gasteiger partial charge in [0.05, 0.1) is 0 Å². The molecule has 0 aliphatic heterocycles. The minimum absolute atomic E-state index is 0.322. The zero-order valence-electron chi connectivity index (χ0n) is 7.30. The van der Waals surface area contributed by atoms with Gasteiger partial charge in [-0.05, 0) is 27.0 Å². The molecule has 4 nitrogen and oxygen atoms in total. The average molecular weight is 188 g/mol. The van der Waals surface area contributed by atoms with Crippen LogP contribution in [0.25, 0.3) is 0 Å². The Morgan fingerprint density at radius 2 is 2.00 bits per heavy atom. The van der Waals surface area contributed by atoms with Crippen molar-refractivity contribution in [3.63, 3.8) is 0 Å². The summed E-state index contributed by atoms with van der Waals surface area (Å²) in [5, 5.41) is 0. The van der Waals surface area contributed by atoms with Gasteiger partial charge in [-0.25, -0.2) is 13.1 Å². The molecule has 0 fully saturated rings. The second kappa shape index (κ2) is 2.91. The third kappa shape index (κ3) is 1.51. The fraction of sp³-hybridized carbons (Fsp3) is 0.429. The molecule has 0 atom stereocenters. The smallest absolute Gasteiger partial charge is 0.242 e. The van der Waals surface area contributed by atoms with Crippen LogP contribution in [0.5, 0.6) is 0 Å². The Kier molecular flexibility index (Phi) is 2.25. The number of rotatable bonds is 2. The van der Waals surface area contributed by atoms with Crippen molar-refractivity contribution in [1.29, 1.82) is 0 Å². The molecule has 0 aliphatic rings. The van der Waals surface area contributed by atoms with Crippen LogP contribution in [0.15, 0.2) is 11.0 Å². The molecule has 0 aliphatic carbocycles. The fourth-order valence-electron chi connectivity index (χ4n) is 1.09. The number of H-pyrrole nitrogens is 1. The van der Waals surface area contributed by atoms with E-state index in [1.165, 1.54) is 7.05 Å². The van der Waals surface area contributed by atoms with E-state index in [0.29, 0.717) is 10.6 Å². The van der Waals surface area contributed by atoms with E-state index in [1.807, 2.05) is 6.92 Å². The molecular weight excluding hydrogens is 176 g/mol. The summed E-state index contributed by atoms with van der Waals surface area (Å²) in [6, 6.07) is 1.61. The molecule has 0 spiro atoms. The van der Waals surface area contributed by atoms with Gasteiger partial charge in [0.1, 0.15) is 4.90 Å². The van der Waals surface area contributed by atoms with Gasteiger partial charge in [0.15, 0.2) is 0 Å². The number of aromatic amines is 1. The Balaban J connectivity index is 3.29. The van der Waals surface area contributed by atoms with Crippen LogP contribution in [0.1, 0.15) is 11.4 Å². The molecule has 1 heterocycles. The summed E-state index contributed by atoms with van der Waals surface area (Å²) in [5.41, 5.74) is 1.52. The van der Waals surface area contributed by atoms with E-state index in [0.717, 1.165) is 5.69 Å². The zero-order chi connectivity index (χ0) is 9.35. The summed E-state index contributed by atoms with van der Waals surface area (Å²) in [6.07, 6.45) is 0. The van der Waals surface area contributed by atoms with Gasteiger partial charge >= 0.3 is 0 Å². The van der Waals surface area contributed by atoms with Crippen molar-refractivity contribution >= 4 is 10.0 Å². The molecule has 0 bridgehead atoms. The van der Waals surface area contributed by atoms with Crippen molar-refractivity contribution < 1.29 is 8.42 Å². The Morgan fingerprint density at radius 3 is 2.33 bits per heavy atom. The number of hydrogen-bond acceptors (Lipinski definition) is 2. The summed E-state index contributed by atoms with van der Waals surface area (Å²) in [6.45, 7) is 3.55. The Morgan fingerprint density at radius 1 is 1.42 bits per heavy atom. The van der Waals surface area contributed by atoms with E-state index >= 15 is 0 Å². The van der Waals surface area contributed by atoms with Crippen LogP contribution < -0.4 is 4.72 Å². The SMILES string of the molecule is CNS(=O)(=O)c1cc(C)[nH]c1C. The maximum absolute atomic E-state index is 11.3. The highest BCUT2D eigenvalue weighted by Gasteiger charge is 2.15. The van der Waals surface area contributed by atoms with Gasteiger partial charge in [0.25, 0.3) is 0 Å². The van der Waals surface area contributed by atoms with Crippen molar-refractivity contribution in [2.75, 3.05) is 7.05 Å². The van der Waals surface area contributed by atoms with E-state index in [4.69, 9.17) is 0 Å². The molecule has 5 heteroatoms. The van der Waals surface area contributed by atoms with Crippen molar-refractivity contribution in [2.45, 2.75) is 18.7 Å². The quantitative estimate of drug-likeness (QED) is 0.711. The third-order valence-corrected chi connectivity index (χ3v) is 3.20. The van der Waals surface area contributed by atoms with Gasteiger partial charge in [-0.1, -0.05) is 0 Å². The molecule has 1 rings (SSSR count). The topological polar surface area (TPSA) is 62.0 Å². The summed E-state index contributed by atoms with van der Waals surface area (Å²) in [7, 11) is -1.89. The first-order valence-corrected chi connectivity index (χ1v) is 5.05. The number of sulfonamides is 1. The first-order valence-electron chi connectivity index (χ1n) is 3.57. The van der Waals surface area contributed by atoms with Crippen LogP contribution in [0, 0.1) is 13.8 Å². The van der Waals surface area contributed by atoms with Gasteiger partial charge in [-0.2, -0.15) is 0 Å². The van der Waals surface area contributed by atoms with Gasteiger partial charge in [0.2, 0.25) is 10.0 Å². The van der Waals surface area contributed by atoms with E-state index < -0.39 is 10.0 Å². The second-order valence-corrected chi connectivity index (χ2v) is 4.50. The molecule has 68 valence electrons. The van der Waals surface area contributed by atoms with E-state index in [9.17, 15) is 8.42 Å². The minimum Gasteiger partial charge on any atom is -0.362 e. The van der Waals surface area contributed by atoms with Crippen LogP contribution in [0.2, 0.25) is 0 Å². The average Bonchev–Trinajstić information content (AvgIpc) is 2.31. The molecule has 0 radical (unpaired) electrons. The van der Waals surface area contributed by atoms with Crippen molar-refractivity contribution in [3.05, 3.63) is 17.5 Å². The first kappa shape index (κ1) is 9.28. The lowest BCUT2D eigenvalue weighted by Gasteiger charge is -1.98. The highest BCUT2D eigenvalue weighted by molar-refractivity contribution is 7.89. The normalized spacial score (nSPS) is 11.9. The van der Waals surface area contributed by atoms with Crippen LogP contribution >= 0.6 is 0 Å². The second-order valence-electron chi connectivity index (χ2n) is 2.65.